The largest absolute Gasteiger partial charge is 0.497 e. The molecule has 2 N–H and O–H groups in total. The van der Waals surface area contributed by atoms with E-state index in [4.69, 9.17) is 9.47 Å². The van der Waals surface area contributed by atoms with E-state index in [1.807, 2.05) is 24.3 Å². The summed E-state index contributed by atoms with van der Waals surface area (Å²) in [5.74, 6) is 1.68. The lowest BCUT2D eigenvalue weighted by molar-refractivity contribution is 0.133. The van der Waals surface area contributed by atoms with Gasteiger partial charge in [-0.1, -0.05) is 13.8 Å². The van der Waals surface area contributed by atoms with Gasteiger partial charge in [0, 0.05) is 18.0 Å². The van der Waals surface area contributed by atoms with Crippen LogP contribution < -0.4 is 14.8 Å². The quantitative estimate of drug-likeness (QED) is 0.839. The molecule has 0 aliphatic heterocycles. The Morgan fingerprint density at radius 3 is 2.50 bits per heavy atom. The number of hydrogen-bond acceptors (Lipinski definition) is 4. The minimum absolute atomic E-state index is 0.154. The monoisotopic (exact) mass is 279 g/mol. The zero-order valence-corrected chi connectivity index (χ0v) is 12.6. The Bertz CT molecular complexity index is 418. The van der Waals surface area contributed by atoms with E-state index in [-0.39, 0.29) is 18.2 Å². The molecule has 1 saturated carbocycles. The second kappa shape index (κ2) is 6.46. The molecule has 4 nitrogen and oxygen atoms in total. The molecule has 1 aliphatic rings. The molecule has 0 radical (unpaired) electrons. The molecular weight excluding hydrogens is 254 g/mol. The van der Waals surface area contributed by atoms with Gasteiger partial charge in [0.15, 0.2) is 0 Å². The SMILES string of the molecule is COc1ccc(OC2CCC(CO)(NC(C)C)C2)cc1. The first-order valence-electron chi connectivity index (χ1n) is 7.26. The maximum absolute atomic E-state index is 9.68. The third-order valence-corrected chi connectivity index (χ3v) is 3.82. The minimum Gasteiger partial charge on any atom is -0.497 e. The first-order valence-corrected chi connectivity index (χ1v) is 7.26. The molecule has 4 heteroatoms. The van der Waals surface area contributed by atoms with Crippen molar-refractivity contribution in [2.75, 3.05) is 13.7 Å². The Morgan fingerprint density at radius 2 is 1.95 bits per heavy atom. The third-order valence-electron chi connectivity index (χ3n) is 3.82. The number of ether oxygens (including phenoxy) is 2. The summed E-state index contributed by atoms with van der Waals surface area (Å²) in [5, 5.41) is 13.2. The van der Waals surface area contributed by atoms with Gasteiger partial charge in [0.25, 0.3) is 0 Å². The van der Waals surface area contributed by atoms with Crippen molar-refractivity contribution in [3.63, 3.8) is 0 Å². The van der Waals surface area contributed by atoms with E-state index in [0.717, 1.165) is 30.8 Å². The summed E-state index contributed by atoms with van der Waals surface area (Å²) in [4.78, 5) is 0. The second-order valence-corrected chi connectivity index (χ2v) is 5.90. The molecule has 112 valence electrons. The Hall–Kier alpha value is -1.26. The lowest BCUT2D eigenvalue weighted by Crippen LogP contribution is -2.50. The number of aliphatic hydroxyl groups excluding tert-OH is 1. The van der Waals surface area contributed by atoms with Crippen LogP contribution in [0.3, 0.4) is 0 Å². The maximum Gasteiger partial charge on any atom is 0.119 e. The zero-order valence-electron chi connectivity index (χ0n) is 12.6. The van der Waals surface area contributed by atoms with Crippen LogP contribution >= 0.6 is 0 Å². The van der Waals surface area contributed by atoms with Crippen LogP contribution in [0.15, 0.2) is 24.3 Å². The van der Waals surface area contributed by atoms with Gasteiger partial charge in [0.1, 0.15) is 17.6 Å². The lowest BCUT2D eigenvalue weighted by Gasteiger charge is -2.30. The van der Waals surface area contributed by atoms with Crippen LogP contribution in [0, 0.1) is 0 Å². The van der Waals surface area contributed by atoms with Crippen LogP contribution in [-0.4, -0.2) is 36.5 Å². The molecule has 0 aromatic heterocycles. The van der Waals surface area contributed by atoms with Gasteiger partial charge in [0.2, 0.25) is 0 Å². The fourth-order valence-corrected chi connectivity index (χ4v) is 2.96. The fraction of sp³-hybridized carbons (Fsp3) is 0.625. The predicted octanol–water partition coefficient (Wildman–Crippen LogP) is 2.36. The van der Waals surface area contributed by atoms with Crippen LogP contribution in [0.5, 0.6) is 11.5 Å². The highest BCUT2D eigenvalue weighted by Crippen LogP contribution is 2.33. The molecular formula is C16H25NO3. The third kappa shape index (κ3) is 3.64. The first kappa shape index (κ1) is 15.1. The zero-order chi connectivity index (χ0) is 14.6. The highest BCUT2D eigenvalue weighted by atomic mass is 16.5. The van der Waals surface area contributed by atoms with E-state index in [1.165, 1.54) is 0 Å². The molecule has 1 aromatic carbocycles. The van der Waals surface area contributed by atoms with Crippen molar-refractivity contribution in [1.82, 2.24) is 5.32 Å². The van der Waals surface area contributed by atoms with Gasteiger partial charge >= 0.3 is 0 Å². The Kier molecular flexibility index (Phi) is 4.89. The summed E-state index contributed by atoms with van der Waals surface area (Å²) in [6, 6.07) is 8.01. The van der Waals surface area contributed by atoms with E-state index in [2.05, 4.69) is 19.2 Å². The van der Waals surface area contributed by atoms with E-state index in [9.17, 15) is 5.11 Å². The molecule has 0 saturated heterocycles. The molecule has 1 aromatic rings. The number of hydrogen-bond donors (Lipinski definition) is 2. The van der Waals surface area contributed by atoms with E-state index in [0.29, 0.717) is 6.04 Å². The highest BCUT2D eigenvalue weighted by molar-refractivity contribution is 5.31. The van der Waals surface area contributed by atoms with E-state index in [1.54, 1.807) is 7.11 Å². The molecule has 0 spiro atoms. The van der Waals surface area contributed by atoms with Crippen molar-refractivity contribution < 1.29 is 14.6 Å². The molecule has 0 bridgehead atoms. The summed E-state index contributed by atoms with van der Waals surface area (Å²) in [7, 11) is 1.65. The number of methoxy groups -OCH3 is 1. The second-order valence-electron chi connectivity index (χ2n) is 5.90. The molecule has 2 atom stereocenters. The standard InChI is InChI=1S/C16H25NO3/c1-12(2)17-16(11-18)9-8-15(10-16)20-14-6-4-13(19-3)5-7-14/h4-7,12,15,17-18H,8-11H2,1-3H3. The van der Waals surface area contributed by atoms with E-state index >= 15 is 0 Å². The summed E-state index contributed by atoms with van der Waals surface area (Å²) in [6.07, 6.45) is 2.91. The lowest BCUT2D eigenvalue weighted by atomic mass is 9.97. The van der Waals surface area contributed by atoms with Gasteiger partial charge in [-0.15, -0.1) is 0 Å². The van der Waals surface area contributed by atoms with Crippen molar-refractivity contribution in [1.29, 1.82) is 0 Å². The van der Waals surface area contributed by atoms with Gasteiger partial charge in [-0.25, -0.2) is 0 Å². The predicted molar refractivity (Wildman–Crippen MR) is 79.3 cm³/mol. The van der Waals surface area contributed by atoms with Crippen LogP contribution in [-0.2, 0) is 0 Å². The van der Waals surface area contributed by atoms with Crippen LogP contribution in [0.1, 0.15) is 33.1 Å². The maximum atomic E-state index is 9.68. The van der Waals surface area contributed by atoms with Crippen molar-refractivity contribution in [2.24, 2.45) is 0 Å². The van der Waals surface area contributed by atoms with E-state index < -0.39 is 0 Å². The summed E-state index contributed by atoms with van der Waals surface area (Å²) >= 11 is 0. The Morgan fingerprint density at radius 1 is 1.30 bits per heavy atom. The molecule has 0 amide bonds. The Labute approximate surface area is 121 Å². The van der Waals surface area contributed by atoms with Crippen molar-refractivity contribution in [3.05, 3.63) is 24.3 Å². The Balaban J connectivity index is 1.94. The highest BCUT2D eigenvalue weighted by Gasteiger charge is 2.40. The van der Waals surface area contributed by atoms with Gasteiger partial charge in [0.05, 0.1) is 13.7 Å². The summed E-state index contributed by atoms with van der Waals surface area (Å²) < 4.78 is 11.1. The summed E-state index contributed by atoms with van der Waals surface area (Å²) in [6.45, 7) is 4.37. The van der Waals surface area contributed by atoms with Gasteiger partial charge in [-0.05, 0) is 37.1 Å². The van der Waals surface area contributed by atoms with Crippen molar-refractivity contribution >= 4 is 0 Å². The van der Waals surface area contributed by atoms with Crippen molar-refractivity contribution in [2.45, 2.75) is 50.8 Å². The summed E-state index contributed by atoms with van der Waals surface area (Å²) in [5.41, 5.74) is -0.189. The number of rotatable bonds is 6. The van der Waals surface area contributed by atoms with Gasteiger partial charge in [-0.2, -0.15) is 0 Å². The first-order chi connectivity index (χ1) is 9.57. The minimum atomic E-state index is -0.189. The molecule has 0 heterocycles. The van der Waals surface area contributed by atoms with Crippen LogP contribution in [0.2, 0.25) is 0 Å². The average molecular weight is 279 g/mol. The molecule has 2 rings (SSSR count). The molecule has 1 fully saturated rings. The van der Waals surface area contributed by atoms with Crippen LogP contribution in [0.4, 0.5) is 0 Å². The molecule has 2 unspecified atom stereocenters. The van der Waals surface area contributed by atoms with Gasteiger partial charge < -0.3 is 19.9 Å². The smallest absolute Gasteiger partial charge is 0.119 e. The molecule has 1 aliphatic carbocycles. The fourth-order valence-electron chi connectivity index (χ4n) is 2.96. The number of aliphatic hydroxyl groups is 1. The number of benzene rings is 1. The molecule has 20 heavy (non-hydrogen) atoms. The normalized spacial score (nSPS) is 25.9. The number of nitrogens with one attached hydrogen (secondary N) is 1. The topological polar surface area (TPSA) is 50.7 Å². The van der Waals surface area contributed by atoms with Gasteiger partial charge in [-0.3, -0.25) is 0 Å². The average Bonchev–Trinajstić information content (AvgIpc) is 2.82. The van der Waals surface area contributed by atoms with Crippen LogP contribution in [0.25, 0.3) is 0 Å². The van der Waals surface area contributed by atoms with Crippen molar-refractivity contribution in [3.8, 4) is 11.5 Å².